The first-order valence-electron chi connectivity index (χ1n) is 7.62. The Labute approximate surface area is 141 Å². The number of rotatable bonds is 4. The molecule has 2 rings (SSSR count). The van der Waals surface area contributed by atoms with Crippen molar-refractivity contribution in [2.45, 2.75) is 27.7 Å². The Kier molecular flexibility index (Phi) is 5.53. The van der Waals surface area contributed by atoms with Gasteiger partial charge in [0.1, 0.15) is 11.5 Å². The fraction of sp³-hybridized carbons (Fsp3) is 0.200. The molecule has 24 heavy (non-hydrogen) atoms. The maximum atomic E-state index is 11.4. The topological polar surface area (TPSA) is 52.6 Å². The molecule has 0 bridgehead atoms. The van der Waals surface area contributed by atoms with Crippen molar-refractivity contribution in [1.82, 2.24) is 0 Å². The molecule has 0 atom stereocenters. The molecule has 0 aliphatic carbocycles. The van der Waals surface area contributed by atoms with Crippen LogP contribution in [0.3, 0.4) is 0 Å². The first-order valence-corrected chi connectivity index (χ1v) is 7.62. The van der Waals surface area contributed by atoms with Crippen LogP contribution in [0.15, 0.2) is 42.5 Å². The monoisotopic (exact) mass is 324 g/mol. The van der Waals surface area contributed by atoms with Gasteiger partial charge < -0.3 is 9.47 Å². The van der Waals surface area contributed by atoms with E-state index in [1.165, 1.54) is 13.8 Å². The number of allylic oxidation sites excluding steroid dienone is 1. The number of hydrogen-bond acceptors (Lipinski definition) is 4. The van der Waals surface area contributed by atoms with Gasteiger partial charge in [-0.15, -0.1) is 0 Å². The molecular formula is C20H20O4. The summed E-state index contributed by atoms with van der Waals surface area (Å²) in [7, 11) is 0. The maximum absolute atomic E-state index is 11.4. The van der Waals surface area contributed by atoms with E-state index in [0.717, 1.165) is 16.7 Å². The number of aryl methyl sites for hydroxylation is 1. The van der Waals surface area contributed by atoms with Crippen LogP contribution in [0.2, 0.25) is 0 Å². The largest absolute Gasteiger partial charge is 0.426 e. The molecule has 0 saturated carbocycles. The molecule has 2 aromatic carbocycles. The summed E-state index contributed by atoms with van der Waals surface area (Å²) in [4.78, 5) is 22.7. The van der Waals surface area contributed by atoms with E-state index >= 15 is 0 Å². The highest BCUT2D eigenvalue weighted by Crippen LogP contribution is 2.34. The standard InChI is InChI=1S/C20H20O4/c1-13(10-17-8-6-5-7-9-17)18-12-19(23-15(3)21)14(2)11-20(18)24-16(4)22/h5-12H,1-4H3/b13-10+. The Morgan fingerprint density at radius 2 is 1.46 bits per heavy atom. The third-order valence-electron chi connectivity index (χ3n) is 3.39. The Morgan fingerprint density at radius 1 is 0.875 bits per heavy atom. The number of carbonyl (C=O) groups is 2. The number of ether oxygens (including phenoxy) is 2. The van der Waals surface area contributed by atoms with Crippen molar-refractivity contribution in [2.24, 2.45) is 0 Å². The molecule has 0 unspecified atom stereocenters. The van der Waals surface area contributed by atoms with E-state index in [1.54, 1.807) is 19.1 Å². The zero-order chi connectivity index (χ0) is 17.7. The van der Waals surface area contributed by atoms with E-state index < -0.39 is 11.9 Å². The molecule has 0 spiro atoms. The first-order chi connectivity index (χ1) is 11.4. The van der Waals surface area contributed by atoms with Crippen molar-refractivity contribution >= 4 is 23.6 Å². The van der Waals surface area contributed by atoms with Gasteiger partial charge in [-0.1, -0.05) is 36.4 Å². The fourth-order valence-corrected chi connectivity index (χ4v) is 2.35. The average Bonchev–Trinajstić information content (AvgIpc) is 2.49. The molecule has 4 nitrogen and oxygen atoms in total. The Hall–Kier alpha value is -2.88. The molecule has 2 aromatic rings. The van der Waals surface area contributed by atoms with E-state index in [4.69, 9.17) is 9.47 Å². The minimum atomic E-state index is -0.400. The highest BCUT2D eigenvalue weighted by Gasteiger charge is 2.14. The lowest BCUT2D eigenvalue weighted by atomic mass is 10.0. The highest BCUT2D eigenvalue weighted by atomic mass is 16.5. The van der Waals surface area contributed by atoms with Crippen molar-refractivity contribution in [2.75, 3.05) is 0 Å². The van der Waals surface area contributed by atoms with Crippen LogP contribution >= 0.6 is 0 Å². The van der Waals surface area contributed by atoms with Gasteiger partial charge in [0.2, 0.25) is 0 Å². The molecule has 0 aliphatic heterocycles. The van der Waals surface area contributed by atoms with Gasteiger partial charge in [-0.05, 0) is 42.7 Å². The van der Waals surface area contributed by atoms with Crippen molar-refractivity contribution in [1.29, 1.82) is 0 Å². The molecule has 0 aromatic heterocycles. The predicted octanol–water partition coefficient (Wildman–Crippen LogP) is 4.41. The molecule has 0 aliphatic rings. The van der Waals surface area contributed by atoms with Crippen molar-refractivity contribution in [3.8, 4) is 11.5 Å². The molecule has 124 valence electrons. The first kappa shape index (κ1) is 17.5. The zero-order valence-electron chi connectivity index (χ0n) is 14.3. The van der Waals surface area contributed by atoms with E-state index in [-0.39, 0.29) is 0 Å². The summed E-state index contributed by atoms with van der Waals surface area (Å²) < 4.78 is 10.6. The van der Waals surface area contributed by atoms with Gasteiger partial charge >= 0.3 is 11.9 Å². The van der Waals surface area contributed by atoms with Gasteiger partial charge in [-0.3, -0.25) is 9.59 Å². The number of benzene rings is 2. The summed E-state index contributed by atoms with van der Waals surface area (Å²) in [5, 5.41) is 0. The van der Waals surface area contributed by atoms with Gasteiger partial charge in [-0.2, -0.15) is 0 Å². The molecule has 0 fully saturated rings. The van der Waals surface area contributed by atoms with Crippen LogP contribution < -0.4 is 9.47 Å². The van der Waals surface area contributed by atoms with Gasteiger partial charge in [0, 0.05) is 19.4 Å². The van der Waals surface area contributed by atoms with Crippen LogP contribution in [0.1, 0.15) is 37.5 Å². The smallest absolute Gasteiger partial charge is 0.308 e. The lowest BCUT2D eigenvalue weighted by Crippen LogP contribution is -2.07. The summed E-state index contributed by atoms with van der Waals surface area (Å²) in [5.41, 5.74) is 3.35. The third-order valence-corrected chi connectivity index (χ3v) is 3.39. The molecule has 0 saturated heterocycles. The molecular weight excluding hydrogens is 304 g/mol. The van der Waals surface area contributed by atoms with Crippen molar-refractivity contribution < 1.29 is 19.1 Å². The number of carbonyl (C=O) groups excluding carboxylic acids is 2. The summed E-state index contributed by atoms with van der Waals surface area (Å²) in [5.74, 6) is 0.104. The summed E-state index contributed by atoms with van der Waals surface area (Å²) >= 11 is 0. The van der Waals surface area contributed by atoms with E-state index in [9.17, 15) is 9.59 Å². The number of hydrogen-bond donors (Lipinski definition) is 0. The van der Waals surface area contributed by atoms with Crippen LogP contribution in [0.5, 0.6) is 11.5 Å². The third kappa shape index (κ3) is 4.56. The van der Waals surface area contributed by atoms with Crippen LogP contribution in [-0.2, 0) is 9.59 Å². The van der Waals surface area contributed by atoms with Gasteiger partial charge in [-0.25, -0.2) is 0 Å². The van der Waals surface area contributed by atoms with Crippen LogP contribution in [0, 0.1) is 6.92 Å². The lowest BCUT2D eigenvalue weighted by Gasteiger charge is -2.14. The lowest BCUT2D eigenvalue weighted by molar-refractivity contribution is -0.133. The summed E-state index contributed by atoms with van der Waals surface area (Å²) in [6.07, 6.45) is 1.98. The molecule has 0 amide bonds. The summed E-state index contributed by atoms with van der Waals surface area (Å²) in [6, 6.07) is 13.2. The van der Waals surface area contributed by atoms with Crippen LogP contribution in [-0.4, -0.2) is 11.9 Å². The second-order valence-electron chi connectivity index (χ2n) is 5.54. The van der Waals surface area contributed by atoms with Crippen LogP contribution in [0.25, 0.3) is 11.6 Å². The second kappa shape index (κ2) is 7.59. The van der Waals surface area contributed by atoms with Crippen LogP contribution in [0.4, 0.5) is 0 Å². The predicted molar refractivity (Wildman–Crippen MR) is 93.8 cm³/mol. The van der Waals surface area contributed by atoms with Crippen molar-refractivity contribution in [3.63, 3.8) is 0 Å². The highest BCUT2D eigenvalue weighted by molar-refractivity contribution is 5.85. The quantitative estimate of drug-likeness (QED) is 0.475. The van der Waals surface area contributed by atoms with Gasteiger partial charge in [0.05, 0.1) is 0 Å². The average molecular weight is 324 g/mol. The Morgan fingerprint density at radius 3 is 2.04 bits per heavy atom. The van der Waals surface area contributed by atoms with Gasteiger partial charge in [0.25, 0.3) is 0 Å². The fourth-order valence-electron chi connectivity index (χ4n) is 2.35. The van der Waals surface area contributed by atoms with Gasteiger partial charge in [0.15, 0.2) is 0 Å². The van der Waals surface area contributed by atoms with E-state index in [0.29, 0.717) is 17.1 Å². The summed E-state index contributed by atoms with van der Waals surface area (Å²) in [6.45, 7) is 6.43. The molecule has 0 heterocycles. The van der Waals surface area contributed by atoms with E-state index in [2.05, 4.69) is 0 Å². The van der Waals surface area contributed by atoms with E-state index in [1.807, 2.05) is 43.3 Å². The molecule has 4 heteroatoms. The molecule has 0 radical (unpaired) electrons. The van der Waals surface area contributed by atoms with Crippen molar-refractivity contribution in [3.05, 3.63) is 59.2 Å². The Balaban J connectivity index is 2.53. The second-order valence-corrected chi connectivity index (χ2v) is 5.54. The normalized spacial score (nSPS) is 11.1. The minimum Gasteiger partial charge on any atom is -0.426 e. The SMILES string of the molecule is CC(=O)Oc1cc(/C(C)=C/c2ccccc2)c(OC(C)=O)cc1C. The maximum Gasteiger partial charge on any atom is 0.308 e. The number of esters is 2. The Bertz CT molecular complexity index is 789. The minimum absolute atomic E-state index is 0.394. The molecule has 0 N–H and O–H groups in total. The zero-order valence-corrected chi connectivity index (χ0v) is 14.3.